The van der Waals surface area contributed by atoms with Gasteiger partial charge in [0, 0.05) is 22.1 Å². The van der Waals surface area contributed by atoms with Crippen molar-refractivity contribution in [1.29, 1.82) is 0 Å². The van der Waals surface area contributed by atoms with Crippen LogP contribution in [0.3, 0.4) is 0 Å². The summed E-state index contributed by atoms with van der Waals surface area (Å²) in [4.78, 5) is 0. The predicted octanol–water partition coefficient (Wildman–Crippen LogP) is 4.32. The maximum absolute atomic E-state index is 6.07. The third-order valence-electron chi connectivity index (χ3n) is 3.48. The highest BCUT2D eigenvalue weighted by Crippen LogP contribution is 2.30. The van der Waals surface area contributed by atoms with Crippen LogP contribution in [0.25, 0.3) is 0 Å². The quantitative estimate of drug-likeness (QED) is 0.867. The first-order valence-corrected chi connectivity index (χ1v) is 7.61. The lowest BCUT2D eigenvalue weighted by atomic mass is 9.99. The van der Waals surface area contributed by atoms with Crippen LogP contribution >= 0.6 is 27.5 Å². The van der Waals surface area contributed by atoms with Gasteiger partial charge in [0.2, 0.25) is 0 Å². The second-order valence-electron chi connectivity index (χ2n) is 4.72. The molecule has 100 valence electrons. The molecule has 2 atom stereocenters. The molecule has 1 aliphatic rings. The number of rotatable bonds is 5. The van der Waals surface area contributed by atoms with Crippen LogP contribution in [-0.2, 0) is 4.74 Å². The van der Waals surface area contributed by atoms with Gasteiger partial charge in [-0.1, -0.05) is 27.5 Å². The van der Waals surface area contributed by atoms with Gasteiger partial charge < -0.3 is 10.1 Å². The third kappa shape index (κ3) is 3.70. The first-order valence-electron chi connectivity index (χ1n) is 6.44. The maximum Gasteiger partial charge on any atom is 0.0576 e. The van der Waals surface area contributed by atoms with E-state index in [-0.39, 0.29) is 0 Å². The number of nitrogens with one attached hydrogen (secondary N) is 1. The summed E-state index contributed by atoms with van der Waals surface area (Å²) in [5, 5.41) is 4.15. The zero-order chi connectivity index (χ0) is 13.0. The monoisotopic (exact) mass is 331 g/mol. The van der Waals surface area contributed by atoms with Crippen LogP contribution in [0.2, 0.25) is 5.02 Å². The molecular weight excluding hydrogens is 314 g/mol. The Labute approximate surface area is 122 Å². The standard InChI is InChI=1S/C14H19BrClNO/c1-17-14(7-5-11-3-2-8-18-11)12-9-10(16)4-6-13(12)15/h4,6,9,11,14,17H,2-3,5,7-8H2,1H3. The van der Waals surface area contributed by atoms with E-state index >= 15 is 0 Å². The molecule has 4 heteroatoms. The Bertz CT molecular complexity index is 393. The molecule has 0 spiro atoms. The van der Waals surface area contributed by atoms with Gasteiger partial charge in [-0.3, -0.25) is 0 Å². The highest BCUT2D eigenvalue weighted by Gasteiger charge is 2.19. The Morgan fingerprint density at radius 1 is 1.56 bits per heavy atom. The van der Waals surface area contributed by atoms with E-state index < -0.39 is 0 Å². The summed E-state index contributed by atoms with van der Waals surface area (Å²) >= 11 is 9.67. The lowest BCUT2D eigenvalue weighted by Crippen LogP contribution is -2.19. The highest BCUT2D eigenvalue weighted by molar-refractivity contribution is 9.10. The fourth-order valence-corrected chi connectivity index (χ4v) is 3.17. The summed E-state index contributed by atoms with van der Waals surface area (Å²) in [7, 11) is 1.99. The van der Waals surface area contributed by atoms with Gasteiger partial charge in [0.05, 0.1) is 6.10 Å². The molecule has 0 radical (unpaired) electrons. The van der Waals surface area contributed by atoms with Crippen molar-refractivity contribution in [3.8, 4) is 0 Å². The molecule has 1 saturated heterocycles. The van der Waals surface area contributed by atoms with E-state index in [1.807, 2.05) is 25.2 Å². The molecule has 1 aromatic carbocycles. The van der Waals surface area contributed by atoms with E-state index in [9.17, 15) is 0 Å². The maximum atomic E-state index is 6.07. The molecular formula is C14H19BrClNO. The minimum atomic E-state index is 0.322. The van der Waals surface area contributed by atoms with Crippen LogP contribution in [0, 0.1) is 0 Å². The van der Waals surface area contributed by atoms with Crippen molar-refractivity contribution in [3.05, 3.63) is 33.3 Å². The third-order valence-corrected chi connectivity index (χ3v) is 4.44. The number of benzene rings is 1. The van der Waals surface area contributed by atoms with Gasteiger partial charge in [0.15, 0.2) is 0 Å². The van der Waals surface area contributed by atoms with Crippen LogP contribution in [0.5, 0.6) is 0 Å². The normalized spacial score (nSPS) is 21.2. The number of ether oxygens (including phenoxy) is 1. The molecule has 1 fully saturated rings. The Hall–Kier alpha value is -0.0900. The molecule has 1 aromatic rings. The molecule has 18 heavy (non-hydrogen) atoms. The van der Waals surface area contributed by atoms with Crippen molar-refractivity contribution in [3.63, 3.8) is 0 Å². The average molecular weight is 333 g/mol. The van der Waals surface area contributed by atoms with Crippen LogP contribution in [-0.4, -0.2) is 19.8 Å². The molecule has 2 rings (SSSR count). The lowest BCUT2D eigenvalue weighted by molar-refractivity contribution is 0.0998. The summed E-state index contributed by atoms with van der Waals surface area (Å²) in [5.41, 5.74) is 1.22. The average Bonchev–Trinajstić information content (AvgIpc) is 2.87. The van der Waals surface area contributed by atoms with E-state index in [0.717, 1.165) is 28.9 Å². The first-order chi connectivity index (χ1) is 8.70. The fraction of sp³-hybridized carbons (Fsp3) is 0.571. The zero-order valence-electron chi connectivity index (χ0n) is 10.6. The minimum absolute atomic E-state index is 0.322. The molecule has 0 saturated carbocycles. The van der Waals surface area contributed by atoms with Crippen LogP contribution < -0.4 is 5.32 Å². The van der Waals surface area contributed by atoms with Crippen molar-refractivity contribution in [2.45, 2.75) is 37.8 Å². The van der Waals surface area contributed by atoms with Crippen molar-refractivity contribution < 1.29 is 4.74 Å². The van der Waals surface area contributed by atoms with Gasteiger partial charge in [0.25, 0.3) is 0 Å². The molecule has 2 unspecified atom stereocenters. The van der Waals surface area contributed by atoms with Gasteiger partial charge >= 0.3 is 0 Å². The van der Waals surface area contributed by atoms with E-state index in [0.29, 0.717) is 12.1 Å². The number of halogens is 2. The minimum Gasteiger partial charge on any atom is -0.378 e. The van der Waals surface area contributed by atoms with Crippen LogP contribution in [0.15, 0.2) is 22.7 Å². The Morgan fingerprint density at radius 2 is 2.39 bits per heavy atom. The van der Waals surface area contributed by atoms with E-state index in [1.165, 1.54) is 18.4 Å². The summed E-state index contributed by atoms with van der Waals surface area (Å²) in [6, 6.07) is 6.26. The summed E-state index contributed by atoms with van der Waals surface area (Å²) in [5.74, 6) is 0. The van der Waals surface area contributed by atoms with Crippen molar-refractivity contribution in [2.24, 2.45) is 0 Å². The van der Waals surface area contributed by atoms with Crippen molar-refractivity contribution in [1.82, 2.24) is 5.32 Å². The van der Waals surface area contributed by atoms with Crippen molar-refractivity contribution in [2.75, 3.05) is 13.7 Å². The number of hydrogen-bond donors (Lipinski definition) is 1. The molecule has 0 aliphatic carbocycles. The molecule has 0 bridgehead atoms. The van der Waals surface area contributed by atoms with Crippen LogP contribution in [0.1, 0.15) is 37.3 Å². The second-order valence-corrected chi connectivity index (χ2v) is 6.01. The predicted molar refractivity (Wildman–Crippen MR) is 79.2 cm³/mol. The van der Waals surface area contributed by atoms with Gasteiger partial charge in [-0.15, -0.1) is 0 Å². The molecule has 1 aliphatic heterocycles. The summed E-state index contributed by atoms with van der Waals surface area (Å²) in [6.45, 7) is 0.926. The van der Waals surface area contributed by atoms with Gasteiger partial charge in [-0.05, 0) is 56.5 Å². The highest BCUT2D eigenvalue weighted by atomic mass is 79.9. The van der Waals surface area contributed by atoms with E-state index in [4.69, 9.17) is 16.3 Å². The Morgan fingerprint density at radius 3 is 3.06 bits per heavy atom. The summed E-state index contributed by atoms with van der Waals surface area (Å²) in [6.07, 6.45) is 5.02. The SMILES string of the molecule is CNC(CCC1CCCO1)c1cc(Cl)ccc1Br. The Kier molecular flexibility index (Phi) is 5.49. The molecule has 2 nitrogen and oxygen atoms in total. The smallest absolute Gasteiger partial charge is 0.0576 e. The second kappa shape index (κ2) is 6.90. The molecule has 0 amide bonds. The van der Waals surface area contributed by atoms with Crippen LogP contribution in [0.4, 0.5) is 0 Å². The molecule has 1 heterocycles. The Balaban J connectivity index is 2.00. The van der Waals surface area contributed by atoms with E-state index in [2.05, 4.69) is 21.2 Å². The summed E-state index contributed by atoms with van der Waals surface area (Å²) < 4.78 is 6.78. The van der Waals surface area contributed by atoms with Crippen molar-refractivity contribution >= 4 is 27.5 Å². The molecule has 1 N–H and O–H groups in total. The van der Waals surface area contributed by atoms with Gasteiger partial charge in [-0.2, -0.15) is 0 Å². The largest absolute Gasteiger partial charge is 0.378 e. The van der Waals surface area contributed by atoms with Gasteiger partial charge in [-0.25, -0.2) is 0 Å². The fourth-order valence-electron chi connectivity index (χ4n) is 2.46. The van der Waals surface area contributed by atoms with Gasteiger partial charge in [0.1, 0.15) is 0 Å². The molecule has 0 aromatic heterocycles. The lowest BCUT2D eigenvalue weighted by Gasteiger charge is -2.20. The number of hydrogen-bond acceptors (Lipinski definition) is 2. The van der Waals surface area contributed by atoms with E-state index in [1.54, 1.807) is 0 Å². The zero-order valence-corrected chi connectivity index (χ0v) is 12.9. The topological polar surface area (TPSA) is 21.3 Å². The first kappa shape index (κ1) is 14.3.